The number of aromatic nitrogens is 2. The van der Waals surface area contributed by atoms with Gasteiger partial charge in [0.25, 0.3) is 5.91 Å². The minimum absolute atomic E-state index is 0.183. The predicted molar refractivity (Wildman–Crippen MR) is 118 cm³/mol. The molecule has 0 aliphatic heterocycles. The molecule has 3 rings (SSSR count). The zero-order chi connectivity index (χ0) is 24.9. The van der Waals surface area contributed by atoms with Crippen molar-refractivity contribution in [2.45, 2.75) is 58.4 Å². The van der Waals surface area contributed by atoms with Crippen molar-refractivity contribution in [3.05, 3.63) is 64.9 Å². The lowest BCUT2D eigenvalue weighted by Crippen LogP contribution is -2.38. The van der Waals surface area contributed by atoms with Gasteiger partial charge in [-0.05, 0) is 31.5 Å². The van der Waals surface area contributed by atoms with Crippen molar-refractivity contribution >= 4 is 11.6 Å². The number of aryl methyl sites for hydroxylation is 1. The van der Waals surface area contributed by atoms with Crippen LogP contribution in [0.3, 0.4) is 0 Å². The van der Waals surface area contributed by atoms with Gasteiger partial charge in [-0.2, -0.15) is 13.2 Å². The molecule has 0 saturated carbocycles. The van der Waals surface area contributed by atoms with Crippen LogP contribution >= 0.6 is 0 Å². The molecule has 184 valence electrons. The molecule has 2 aromatic heterocycles. The molecule has 6 nitrogen and oxygen atoms in total. The van der Waals surface area contributed by atoms with Crippen molar-refractivity contribution in [3.8, 4) is 5.75 Å². The maximum absolute atomic E-state index is 14.3. The number of carbonyl (C=O) groups excluding carboxylic acids is 1. The zero-order valence-electron chi connectivity index (χ0n) is 19.0. The normalized spacial score (nSPS) is 12.7. The van der Waals surface area contributed by atoms with Crippen LogP contribution in [-0.4, -0.2) is 33.0 Å². The molecule has 2 N–H and O–H groups in total. The van der Waals surface area contributed by atoms with E-state index in [4.69, 9.17) is 4.74 Å². The number of pyridine rings is 1. The van der Waals surface area contributed by atoms with Gasteiger partial charge in [0.1, 0.15) is 18.1 Å². The van der Waals surface area contributed by atoms with E-state index in [0.717, 1.165) is 25.3 Å². The maximum atomic E-state index is 14.3. The Labute approximate surface area is 194 Å². The topological polar surface area (TPSA) is 75.9 Å². The Morgan fingerprint density at radius 3 is 2.68 bits per heavy atom. The van der Waals surface area contributed by atoms with Crippen LogP contribution in [0.15, 0.2) is 36.5 Å². The fourth-order valence-electron chi connectivity index (χ4n) is 3.71. The van der Waals surface area contributed by atoms with Crippen molar-refractivity contribution in [3.63, 3.8) is 0 Å². The summed E-state index contributed by atoms with van der Waals surface area (Å²) in [5.74, 6) is -1.62. The molecule has 2 heterocycles. The first-order valence-corrected chi connectivity index (χ1v) is 11.0. The van der Waals surface area contributed by atoms with E-state index >= 15 is 0 Å². The molecular formula is C24H27F4N3O3. The van der Waals surface area contributed by atoms with Crippen LogP contribution < -0.4 is 10.1 Å². The van der Waals surface area contributed by atoms with E-state index in [-0.39, 0.29) is 29.3 Å². The molecule has 0 unspecified atom stereocenters. The highest BCUT2D eigenvalue weighted by atomic mass is 19.4. The molecular weight excluding hydrogens is 454 g/mol. The third-order valence-corrected chi connectivity index (χ3v) is 5.48. The average molecular weight is 481 g/mol. The zero-order valence-corrected chi connectivity index (χ0v) is 19.0. The molecule has 0 spiro atoms. The van der Waals surface area contributed by atoms with E-state index in [2.05, 4.69) is 17.2 Å². The number of carbonyl (C=O) groups is 1. The number of hydrogen-bond donors (Lipinski definition) is 2. The van der Waals surface area contributed by atoms with Crippen LogP contribution in [-0.2, 0) is 12.8 Å². The van der Waals surface area contributed by atoms with Crippen molar-refractivity contribution < 1.29 is 32.2 Å². The van der Waals surface area contributed by atoms with Crippen LogP contribution in [0.25, 0.3) is 5.65 Å². The molecule has 0 bridgehead atoms. The monoisotopic (exact) mass is 481 g/mol. The second-order valence-electron chi connectivity index (χ2n) is 8.03. The number of amides is 1. The van der Waals surface area contributed by atoms with Crippen molar-refractivity contribution in [2.75, 3.05) is 6.61 Å². The van der Waals surface area contributed by atoms with Gasteiger partial charge in [0.05, 0.1) is 23.9 Å². The summed E-state index contributed by atoms with van der Waals surface area (Å²) in [7, 11) is 0. The molecule has 1 atom stereocenters. The number of aliphatic hydroxyl groups is 1. The summed E-state index contributed by atoms with van der Waals surface area (Å²) >= 11 is 0. The summed E-state index contributed by atoms with van der Waals surface area (Å²) in [6, 6.07) is 5.74. The highest BCUT2D eigenvalue weighted by Crippen LogP contribution is 2.33. The number of rotatable bonds is 10. The third kappa shape index (κ3) is 5.67. The van der Waals surface area contributed by atoms with Gasteiger partial charge in [0.2, 0.25) is 0 Å². The summed E-state index contributed by atoms with van der Waals surface area (Å²) in [4.78, 5) is 17.3. The Bertz CT molecular complexity index is 1140. The second-order valence-corrected chi connectivity index (χ2v) is 8.03. The number of imidazole rings is 1. The summed E-state index contributed by atoms with van der Waals surface area (Å²) in [6.07, 6.45) is 0.319. The molecule has 1 amide bonds. The summed E-state index contributed by atoms with van der Waals surface area (Å²) < 4.78 is 60.4. The first kappa shape index (κ1) is 25.5. The molecule has 0 fully saturated rings. The number of benzene rings is 1. The molecule has 3 aromatic rings. The smallest absolute Gasteiger partial charge is 0.419 e. The van der Waals surface area contributed by atoms with Crippen molar-refractivity contribution in [2.24, 2.45) is 0 Å². The Hall–Kier alpha value is -3.14. The summed E-state index contributed by atoms with van der Waals surface area (Å²) in [5, 5.41) is 12.4. The molecule has 1 aromatic carbocycles. The lowest BCUT2D eigenvalue weighted by atomic mass is 10.1. The van der Waals surface area contributed by atoms with Gasteiger partial charge in [-0.15, -0.1) is 0 Å². The Morgan fingerprint density at radius 1 is 1.24 bits per heavy atom. The number of hydrogen-bond acceptors (Lipinski definition) is 4. The predicted octanol–water partition coefficient (Wildman–Crippen LogP) is 5.05. The van der Waals surface area contributed by atoms with E-state index in [9.17, 15) is 27.5 Å². The number of alkyl halides is 3. The van der Waals surface area contributed by atoms with E-state index in [0.29, 0.717) is 18.2 Å². The lowest BCUT2D eigenvalue weighted by molar-refractivity contribution is -0.140. The van der Waals surface area contributed by atoms with Crippen LogP contribution in [0.5, 0.6) is 5.75 Å². The quantitative estimate of drug-likeness (QED) is 0.314. The second kappa shape index (κ2) is 10.9. The standard InChI is InChI=1S/C24H27F4N3O3/c1-3-4-5-9-17(13-32)30-23(33)21-15(2)29-22-19(11-7-12-31(21)22)34-14-16-8-6-10-18(20(16)25)24(26,27)28/h6-8,10-12,17,32H,3-5,9,13-14H2,1-2H3,(H,30,33)/t17-/m1/s1. The number of aliphatic hydroxyl groups excluding tert-OH is 1. The molecule has 0 saturated heterocycles. The Kier molecular flexibility index (Phi) is 8.14. The molecule has 34 heavy (non-hydrogen) atoms. The molecule has 0 aliphatic carbocycles. The highest BCUT2D eigenvalue weighted by Gasteiger charge is 2.34. The van der Waals surface area contributed by atoms with Gasteiger partial charge in [-0.25, -0.2) is 9.37 Å². The lowest BCUT2D eigenvalue weighted by Gasteiger charge is -2.16. The maximum Gasteiger partial charge on any atom is 0.419 e. The fraction of sp³-hybridized carbons (Fsp3) is 0.417. The fourth-order valence-corrected chi connectivity index (χ4v) is 3.71. The van der Waals surface area contributed by atoms with Gasteiger partial charge in [-0.1, -0.05) is 38.3 Å². The highest BCUT2D eigenvalue weighted by molar-refractivity contribution is 5.95. The van der Waals surface area contributed by atoms with Crippen molar-refractivity contribution in [1.29, 1.82) is 0 Å². The minimum Gasteiger partial charge on any atom is -0.485 e. The van der Waals surface area contributed by atoms with Gasteiger partial charge < -0.3 is 15.2 Å². The van der Waals surface area contributed by atoms with Crippen LogP contribution in [0.2, 0.25) is 0 Å². The van der Waals surface area contributed by atoms with E-state index in [1.165, 1.54) is 16.5 Å². The van der Waals surface area contributed by atoms with E-state index < -0.39 is 36.1 Å². The number of ether oxygens (including phenoxy) is 1. The van der Waals surface area contributed by atoms with Crippen LogP contribution in [0.1, 0.15) is 59.9 Å². The summed E-state index contributed by atoms with van der Waals surface area (Å²) in [6.45, 7) is 3.06. The minimum atomic E-state index is -4.81. The van der Waals surface area contributed by atoms with Gasteiger partial charge in [-0.3, -0.25) is 9.20 Å². The SMILES string of the molecule is CCCCC[C@H](CO)NC(=O)c1c(C)nc2c(OCc3cccc(C(F)(F)F)c3F)cccn12. The number of halogens is 4. The number of nitrogens with zero attached hydrogens (tertiary/aromatic N) is 2. The molecule has 0 radical (unpaired) electrons. The van der Waals surface area contributed by atoms with Gasteiger partial charge in [0, 0.05) is 11.8 Å². The van der Waals surface area contributed by atoms with Gasteiger partial charge >= 0.3 is 6.18 Å². The first-order chi connectivity index (χ1) is 16.2. The number of unbranched alkanes of at least 4 members (excludes halogenated alkanes) is 2. The Balaban J connectivity index is 1.82. The third-order valence-electron chi connectivity index (χ3n) is 5.48. The molecule has 0 aliphatic rings. The Morgan fingerprint density at radius 2 is 2.00 bits per heavy atom. The summed E-state index contributed by atoms with van der Waals surface area (Å²) in [5.41, 5.74) is -0.691. The number of fused-ring (bicyclic) bond motifs is 1. The van der Waals surface area contributed by atoms with Gasteiger partial charge in [0.15, 0.2) is 11.4 Å². The van der Waals surface area contributed by atoms with Crippen LogP contribution in [0.4, 0.5) is 17.6 Å². The van der Waals surface area contributed by atoms with E-state index in [1.807, 2.05) is 0 Å². The van der Waals surface area contributed by atoms with E-state index in [1.54, 1.807) is 19.2 Å². The first-order valence-electron chi connectivity index (χ1n) is 11.0. The largest absolute Gasteiger partial charge is 0.485 e. The van der Waals surface area contributed by atoms with Crippen LogP contribution in [0, 0.1) is 12.7 Å². The van der Waals surface area contributed by atoms with Crippen molar-refractivity contribution in [1.82, 2.24) is 14.7 Å². The average Bonchev–Trinajstić information content (AvgIpc) is 3.13. The molecule has 10 heteroatoms. The number of nitrogens with one attached hydrogen (secondary N) is 1.